The van der Waals surface area contributed by atoms with Crippen molar-refractivity contribution < 1.29 is 14.3 Å². The predicted octanol–water partition coefficient (Wildman–Crippen LogP) is 3.79. The lowest BCUT2D eigenvalue weighted by molar-refractivity contribution is -0.149. The lowest BCUT2D eigenvalue weighted by atomic mass is 9.87. The van der Waals surface area contributed by atoms with Crippen LogP contribution in [0.3, 0.4) is 0 Å². The van der Waals surface area contributed by atoms with Gasteiger partial charge in [0.15, 0.2) is 0 Å². The molecule has 2 amide bonds. The fraction of sp³-hybridized carbons (Fsp3) is 0.579. The van der Waals surface area contributed by atoms with Crippen LogP contribution in [0.15, 0.2) is 24.3 Å². The first-order valence-corrected chi connectivity index (χ1v) is 8.64. The molecule has 1 saturated heterocycles. The number of amides is 2. The second-order valence-corrected chi connectivity index (χ2v) is 7.29. The van der Waals surface area contributed by atoms with Crippen LogP contribution in [0.25, 0.3) is 0 Å². The molecule has 1 unspecified atom stereocenters. The van der Waals surface area contributed by atoms with Gasteiger partial charge in [-0.2, -0.15) is 0 Å². The van der Waals surface area contributed by atoms with Crippen LogP contribution in [0.1, 0.15) is 46.1 Å². The molecule has 1 aliphatic rings. The molecule has 5 heteroatoms. The first kappa shape index (κ1) is 18.3. The molecule has 132 valence electrons. The van der Waals surface area contributed by atoms with Crippen molar-refractivity contribution in [3.8, 4) is 0 Å². The third-order valence-corrected chi connectivity index (χ3v) is 4.33. The maximum absolute atomic E-state index is 12.4. The molecule has 24 heavy (non-hydrogen) atoms. The molecule has 0 bridgehead atoms. The van der Waals surface area contributed by atoms with Gasteiger partial charge in [0.25, 0.3) is 0 Å². The Morgan fingerprint density at radius 3 is 2.50 bits per heavy atom. The van der Waals surface area contributed by atoms with Gasteiger partial charge >= 0.3 is 12.0 Å². The molecule has 1 aromatic carbocycles. The summed E-state index contributed by atoms with van der Waals surface area (Å²) in [4.78, 5) is 26.0. The van der Waals surface area contributed by atoms with Crippen molar-refractivity contribution in [2.45, 2.75) is 46.0 Å². The zero-order chi connectivity index (χ0) is 17.7. The Kier molecular flexibility index (Phi) is 5.86. The highest BCUT2D eigenvalue weighted by Crippen LogP contribution is 2.24. The molecule has 0 radical (unpaired) electrons. The smallest absolute Gasteiger partial charge is 0.321 e. The Morgan fingerprint density at radius 2 is 1.92 bits per heavy atom. The third kappa shape index (κ3) is 4.73. The van der Waals surface area contributed by atoms with Crippen molar-refractivity contribution in [3.05, 3.63) is 29.8 Å². The van der Waals surface area contributed by atoms with Crippen LogP contribution in [0.2, 0.25) is 0 Å². The topological polar surface area (TPSA) is 58.6 Å². The Balaban J connectivity index is 1.95. The summed E-state index contributed by atoms with van der Waals surface area (Å²) >= 11 is 0. The Labute approximate surface area is 144 Å². The average Bonchev–Trinajstić information content (AvgIpc) is 2.55. The van der Waals surface area contributed by atoms with E-state index in [-0.39, 0.29) is 23.3 Å². The van der Waals surface area contributed by atoms with Crippen LogP contribution in [0.4, 0.5) is 10.5 Å². The molecule has 1 aromatic rings. The van der Waals surface area contributed by atoms with Gasteiger partial charge < -0.3 is 15.0 Å². The third-order valence-electron chi connectivity index (χ3n) is 4.33. The van der Waals surface area contributed by atoms with Crippen LogP contribution in [-0.4, -0.2) is 36.6 Å². The summed E-state index contributed by atoms with van der Waals surface area (Å²) in [6.07, 6.45) is 1.60. The van der Waals surface area contributed by atoms with Gasteiger partial charge in [0, 0.05) is 18.8 Å². The number of carbonyl (C=O) groups is 2. The van der Waals surface area contributed by atoms with Crippen molar-refractivity contribution >= 4 is 17.7 Å². The van der Waals surface area contributed by atoms with Gasteiger partial charge in [0.1, 0.15) is 0 Å². The SMILES string of the molecule is CCOC(=O)C1CCCN(C(=O)Nc2ccc(C(C)(C)C)cc2)C1. The minimum atomic E-state index is -0.215. The van der Waals surface area contributed by atoms with E-state index >= 15 is 0 Å². The van der Waals surface area contributed by atoms with E-state index in [2.05, 4.69) is 26.1 Å². The number of piperidine rings is 1. The fourth-order valence-electron chi connectivity index (χ4n) is 2.87. The van der Waals surface area contributed by atoms with E-state index in [1.807, 2.05) is 24.3 Å². The summed E-state index contributed by atoms with van der Waals surface area (Å²) in [5, 5.41) is 2.92. The number of esters is 1. The minimum Gasteiger partial charge on any atom is -0.466 e. The maximum Gasteiger partial charge on any atom is 0.321 e. The van der Waals surface area contributed by atoms with Gasteiger partial charge in [-0.1, -0.05) is 32.9 Å². The van der Waals surface area contributed by atoms with Crippen LogP contribution in [0.5, 0.6) is 0 Å². The van der Waals surface area contributed by atoms with Crippen molar-refractivity contribution in [1.29, 1.82) is 0 Å². The molecule has 2 rings (SSSR count). The predicted molar refractivity (Wildman–Crippen MR) is 95.1 cm³/mol. The Bertz CT molecular complexity index is 575. The van der Waals surface area contributed by atoms with Crippen molar-refractivity contribution in [2.24, 2.45) is 5.92 Å². The van der Waals surface area contributed by atoms with Gasteiger partial charge in [0.05, 0.1) is 12.5 Å². The van der Waals surface area contributed by atoms with E-state index in [9.17, 15) is 9.59 Å². The van der Waals surface area contributed by atoms with E-state index in [1.54, 1.807) is 11.8 Å². The number of likely N-dealkylation sites (tertiary alicyclic amines) is 1. The number of nitrogens with zero attached hydrogens (tertiary/aromatic N) is 1. The number of urea groups is 1. The summed E-state index contributed by atoms with van der Waals surface area (Å²) in [6, 6.07) is 7.75. The summed E-state index contributed by atoms with van der Waals surface area (Å²) in [5.74, 6) is -0.419. The highest BCUT2D eigenvalue weighted by molar-refractivity contribution is 5.89. The molecule has 1 aliphatic heterocycles. The number of anilines is 1. The summed E-state index contributed by atoms with van der Waals surface area (Å²) in [6.45, 7) is 9.73. The molecule has 0 aliphatic carbocycles. The van der Waals surface area contributed by atoms with Gasteiger partial charge in [0.2, 0.25) is 0 Å². The lowest BCUT2D eigenvalue weighted by Gasteiger charge is -2.31. The highest BCUT2D eigenvalue weighted by Gasteiger charge is 2.29. The first-order chi connectivity index (χ1) is 11.3. The molecule has 1 atom stereocenters. The zero-order valence-electron chi connectivity index (χ0n) is 15.1. The molecule has 1 heterocycles. The van der Waals surface area contributed by atoms with Crippen LogP contribution < -0.4 is 5.32 Å². The molecular weight excluding hydrogens is 304 g/mol. The average molecular weight is 332 g/mol. The van der Waals surface area contributed by atoms with Crippen LogP contribution in [0, 0.1) is 5.92 Å². The van der Waals surface area contributed by atoms with Gasteiger partial charge in [-0.25, -0.2) is 4.79 Å². The molecule has 0 spiro atoms. The molecule has 0 saturated carbocycles. The number of hydrogen-bond acceptors (Lipinski definition) is 3. The van der Waals surface area contributed by atoms with E-state index in [0.29, 0.717) is 19.7 Å². The highest BCUT2D eigenvalue weighted by atomic mass is 16.5. The second-order valence-electron chi connectivity index (χ2n) is 7.29. The fourth-order valence-corrected chi connectivity index (χ4v) is 2.87. The monoisotopic (exact) mass is 332 g/mol. The Morgan fingerprint density at radius 1 is 1.25 bits per heavy atom. The van der Waals surface area contributed by atoms with E-state index < -0.39 is 0 Å². The van der Waals surface area contributed by atoms with Crippen LogP contribution >= 0.6 is 0 Å². The van der Waals surface area contributed by atoms with E-state index in [4.69, 9.17) is 4.74 Å². The molecule has 1 fully saturated rings. The van der Waals surface area contributed by atoms with Gasteiger partial charge in [-0.15, -0.1) is 0 Å². The minimum absolute atomic E-state index is 0.0856. The normalized spacial score (nSPS) is 18.2. The zero-order valence-corrected chi connectivity index (χ0v) is 15.1. The van der Waals surface area contributed by atoms with E-state index in [0.717, 1.165) is 18.5 Å². The van der Waals surface area contributed by atoms with Crippen LogP contribution in [-0.2, 0) is 14.9 Å². The number of hydrogen-bond donors (Lipinski definition) is 1. The maximum atomic E-state index is 12.4. The number of ether oxygens (including phenoxy) is 1. The number of carbonyl (C=O) groups excluding carboxylic acids is 2. The largest absolute Gasteiger partial charge is 0.466 e. The second kappa shape index (κ2) is 7.69. The molecular formula is C19H28N2O3. The molecule has 0 aromatic heterocycles. The van der Waals surface area contributed by atoms with Crippen molar-refractivity contribution in [1.82, 2.24) is 4.90 Å². The number of rotatable bonds is 3. The van der Waals surface area contributed by atoms with Crippen molar-refractivity contribution in [2.75, 3.05) is 25.0 Å². The molecule has 5 nitrogen and oxygen atoms in total. The number of nitrogens with one attached hydrogen (secondary N) is 1. The molecule has 1 N–H and O–H groups in total. The standard InChI is InChI=1S/C19H28N2O3/c1-5-24-17(22)14-7-6-12-21(13-14)18(23)20-16-10-8-15(9-11-16)19(2,3)4/h8-11,14H,5-7,12-13H2,1-4H3,(H,20,23). The number of benzene rings is 1. The van der Waals surface area contributed by atoms with Gasteiger partial charge in [-0.05, 0) is 42.9 Å². The summed E-state index contributed by atoms with van der Waals surface area (Å²) in [7, 11) is 0. The first-order valence-electron chi connectivity index (χ1n) is 8.64. The summed E-state index contributed by atoms with van der Waals surface area (Å²) < 4.78 is 5.08. The van der Waals surface area contributed by atoms with Crippen molar-refractivity contribution in [3.63, 3.8) is 0 Å². The van der Waals surface area contributed by atoms with Gasteiger partial charge in [-0.3, -0.25) is 4.79 Å². The Hall–Kier alpha value is -2.04. The summed E-state index contributed by atoms with van der Waals surface area (Å²) in [5.41, 5.74) is 2.08. The quantitative estimate of drug-likeness (QED) is 0.857. The van der Waals surface area contributed by atoms with E-state index in [1.165, 1.54) is 5.56 Å². The lowest BCUT2D eigenvalue weighted by Crippen LogP contribution is -2.44.